The van der Waals surface area contributed by atoms with E-state index in [9.17, 15) is 4.39 Å². The molecule has 98 valence electrons. The van der Waals surface area contributed by atoms with Crippen molar-refractivity contribution in [2.24, 2.45) is 5.73 Å². The predicted molar refractivity (Wildman–Crippen MR) is 73.8 cm³/mol. The monoisotopic (exact) mass is 258 g/mol. The van der Waals surface area contributed by atoms with Crippen LogP contribution < -0.4 is 10.6 Å². The van der Waals surface area contributed by atoms with Gasteiger partial charge in [0, 0.05) is 25.5 Å². The molecule has 19 heavy (non-hydrogen) atoms. The van der Waals surface area contributed by atoms with Crippen LogP contribution in [-0.2, 0) is 6.54 Å². The number of anilines is 1. The van der Waals surface area contributed by atoms with Crippen molar-refractivity contribution in [3.8, 4) is 0 Å². The van der Waals surface area contributed by atoms with E-state index in [1.807, 2.05) is 24.1 Å². The summed E-state index contributed by atoms with van der Waals surface area (Å²) < 4.78 is 13.1. The van der Waals surface area contributed by atoms with Crippen LogP contribution in [0.1, 0.15) is 11.3 Å². The molecule has 0 amide bonds. The number of nitrogens with two attached hydrogens (primary N) is 1. The summed E-state index contributed by atoms with van der Waals surface area (Å²) in [5.41, 5.74) is 7.60. The third-order valence-electron chi connectivity index (χ3n) is 2.77. The van der Waals surface area contributed by atoms with E-state index in [-0.39, 0.29) is 11.7 Å². The van der Waals surface area contributed by atoms with Crippen LogP contribution in [0.2, 0.25) is 0 Å². The van der Waals surface area contributed by atoms with Gasteiger partial charge in [0.25, 0.3) is 0 Å². The zero-order valence-electron chi connectivity index (χ0n) is 10.6. The molecular weight excluding hydrogens is 243 g/mol. The molecule has 0 aliphatic rings. The van der Waals surface area contributed by atoms with Gasteiger partial charge in [-0.25, -0.2) is 4.39 Å². The molecule has 3 N–H and O–H groups in total. The van der Waals surface area contributed by atoms with E-state index >= 15 is 0 Å². The Kier molecular flexibility index (Phi) is 3.75. The van der Waals surface area contributed by atoms with Gasteiger partial charge in [-0.15, -0.1) is 0 Å². The Bertz CT molecular complexity index is 598. The number of hydrogen-bond donors (Lipinski definition) is 2. The fourth-order valence-electron chi connectivity index (χ4n) is 1.80. The van der Waals surface area contributed by atoms with Gasteiger partial charge in [0.05, 0.1) is 0 Å². The van der Waals surface area contributed by atoms with E-state index in [0.29, 0.717) is 12.2 Å². The number of nitrogen functional groups attached to an aromatic ring is 1. The van der Waals surface area contributed by atoms with E-state index in [4.69, 9.17) is 11.1 Å². The maximum atomic E-state index is 13.1. The summed E-state index contributed by atoms with van der Waals surface area (Å²) in [6, 6.07) is 10.0. The smallest absolute Gasteiger partial charge is 0.141 e. The highest BCUT2D eigenvalue weighted by Crippen LogP contribution is 2.16. The van der Waals surface area contributed by atoms with Crippen LogP contribution in [0.4, 0.5) is 10.1 Å². The van der Waals surface area contributed by atoms with Crippen molar-refractivity contribution < 1.29 is 4.39 Å². The second kappa shape index (κ2) is 5.48. The molecular formula is C14H15FN4. The molecule has 0 aliphatic carbocycles. The highest BCUT2D eigenvalue weighted by atomic mass is 19.1. The molecule has 1 aromatic carbocycles. The topological polar surface area (TPSA) is 66.0 Å². The molecule has 0 radical (unpaired) electrons. The first-order valence-corrected chi connectivity index (χ1v) is 5.82. The first-order chi connectivity index (χ1) is 9.06. The lowest BCUT2D eigenvalue weighted by Gasteiger charge is -2.19. The van der Waals surface area contributed by atoms with Crippen molar-refractivity contribution >= 4 is 11.5 Å². The second-order valence-corrected chi connectivity index (χ2v) is 4.30. The van der Waals surface area contributed by atoms with Gasteiger partial charge in [-0.3, -0.25) is 10.4 Å². The Morgan fingerprint density at radius 1 is 1.37 bits per heavy atom. The van der Waals surface area contributed by atoms with E-state index in [1.165, 1.54) is 12.1 Å². The van der Waals surface area contributed by atoms with Crippen molar-refractivity contribution in [3.63, 3.8) is 0 Å². The number of nitrogens with zero attached hydrogens (tertiary/aromatic N) is 2. The van der Waals surface area contributed by atoms with Gasteiger partial charge in [-0.05, 0) is 29.8 Å². The maximum absolute atomic E-state index is 13.1. The number of benzene rings is 1. The molecule has 0 aliphatic heterocycles. The summed E-state index contributed by atoms with van der Waals surface area (Å²) in [4.78, 5) is 5.95. The molecule has 2 aromatic rings. The molecule has 1 heterocycles. The molecule has 0 unspecified atom stereocenters. The van der Waals surface area contributed by atoms with Crippen LogP contribution >= 0.6 is 0 Å². The zero-order chi connectivity index (χ0) is 13.8. The largest absolute Gasteiger partial charge is 0.382 e. The van der Waals surface area contributed by atoms with Crippen molar-refractivity contribution in [2.45, 2.75) is 6.54 Å². The Labute approximate surface area is 111 Å². The lowest BCUT2D eigenvalue weighted by atomic mass is 10.2. The quantitative estimate of drug-likeness (QED) is 0.652. The van der Waals surface area contributed by atoms with Gasteiger partial charge in [0.1, 0.15) is 17.3 Å². The minimum atomic E-state index is -0.245. The van der Waals surface area contributed by atoms with Crippen LogP contribution in [0.25, 0.3) is 0 Å². The third-order valence-corrected chi connectivity index (χ3v) is 2.77. The third kappa shape index (κ3) is 3.28. The van der Waals surface area contributed by atoms with Gasteiger partial charge in [-0.2, -0.15) is 0 Å². The summed E-state index contributed by atoms with van der Waals surface area (Å²) >= 11 is 0. The summed E-state index contributed by atoms with van der Waals surface area (Å²) in [5.74, 6) is -0.314. The highest BCUT2D eigenvalue weighted by molar-refractivity contribution is 5.93. The van der Waals surface area contributed by atoms with Crippen LogP contribution in [0.5, 0.6) is 0 Å². The summed E-state index contributed by atoms with van der Waals surface area (Å²) in [6.45, 7) is 0.569. The number of rotatable bonds is 4. The van der Waals surface area contributed by atoms with E-state index < -0.39 is 0 Å². The molecule has 2 rings (SSSR count). The van der Waals surface area contributed by atoms with Crippen LogP contribution in [-0.4, -0.2) is 17.9 Å². The van der Waals surface area contributed by atoms with Crippen LogP contribution in [0.15, 0.2) is 42.6 Å². The minimum Gasteiger partial charge on any atom is -0.382 e. The molecule has 5 heteroatoms. The normalized spacial score (nSPS) is 10.2. The standard InChI is InChI=1S/C14H15FN4/c1-19(9-10-3-2-4-11(15)7-10)12-5-6-18-13(8-12)14(16)17/h2-8H,9H2,1H3,(H3,16,17). The Hall–Kier alpha value is -2.43. The first-order valence-electron chi connectivity index (χ1n) is 5.82. The molecule has 0 bridgehead atoms. The van der Waals surface area contributed by atoms with Gasteiger partial charge in [0.2, 0.25) is 0 Å². The number of hydrogen-bond acceptors (Lipinski definition) is 3. The average Bonchev–Trinajstić information content (AvgIpc) is 2.39. The van der Waals surface area contributed by atoms with E-state index in [0.717, 1.165) is 11.3 Å². The molecule has 0 saturated carbocycles. The molecule has 0 spiro atoms. The van der Waals surface area contributed by atoms with Crippen molar-refractivity contribution in [2.75, 3.05) is 11.9 Å². The number of amidine groups is 1. The number of aromatic nitrogens is 1. The van der Waals surface area contributed by atoms with Crippen molar-refractivity contribution in [1.29, 1.82) is 5.41 Å². The van der Waals surface area contributed by atoms with Gasteiger partial charge < -0.3 is 10.6 Å². The first kappa shape index (κ1) is 13.0. The SMILES string of the molecule is CN(Cc1cccc(F)c1)c1ccnc(C(=N)N)c1. The number of nitrogens with one attached hydrogen (secondary N) is 1. The van der Waals surface area contributed by atoms with Crippen molar-refractivity contribution in [3.05, 3.63) is 59.7 Å². The second-order valence-electron chi connectivity index (χ2n) is 4.30. The molecule has 0 atom stereocenters. The van der Waals surface area contributed by atoms with Gasteiger partial charge >= 0.3 is 0 Å². The van der Waals surface area contributed by atoms with Crippen molar-refractivity contribution in [1.82, 2.24) is 4.98 Å². The molecule has 0 saturated heterocycles. The highest BCUT2D eigenvalue weighted by Gasteiger charge is 2.06. The summed E-state index contributed by atoms with van der Waals surface area (Å²) in [6.07, 6.45) is 1.61. The van der Waals surface area contributed by atoms with E-state index in [1.54, 1.807) is 18.3 Å². The zero-order valence-corrected chi connectivity index (χ0v) is 10.6. The van der Waals surface area contributed by atoms with Crippen LogP contribution in [0, 0.1) is 11.2 Å². The van der Waals surface area contributed by atoms with Crippen LogP contribution in [0.3, 0.4) is 0 Å². The lowest BCUT2D eigenvalue weighted by molar-refractivity contribution is 0.625. The molecule has 0 fully saturated rings. The lowest BCUT2D eigenvalue weighted by Crippen LogP contribution is -2.18. The Morgan fingerprint density at radius 2 is 2.16 bits per heavy atom. The summed E-state index contributed by atoms with van der Waals surface area (Å²) in [5, 5.41) is 7.37. The summed E-state index contributed by atoms with van der Waals surface area (Å²) in [7, 11) is 1.89. The number of halogens is 1. The average molecular weight is 258 g/mol. The van der Waals surface area contributed by atoms with Gasteiger partial charge in [0.15, 0.2) is 0 Å². The minimum absolute atomic E-state index is 0.0685. The molecule has 4 nitrogen and oxygen atoms in total. The fraction of sp³-hybridized carbons (Fsp3) is 0.143. The van der Waals surface area contributed by atoms with Gasteiger partial charge in [-0.1, -0.05) is 12.1 Å². The Morgan fingerprint density at radius 3 is 2.84 bits per heavy atom. The maximum Gasteiger partial charge on any atom is 0.141 e. The predicted octanol–water partition coefficient (Wildman–Crippen LogP) is 2.14. The molecule has 1 aromatic heterocycles. The Balaban J connectivity index is 2.18. The fourth-order valence-corrected chi connectivity index (χ4v) is 1.80. The van der Waals surface area contributed by atoms with E-state index in [2.05, 4.69) is 4.98 Å². The number of pyridine rings is 1.